The average Bonchev–Trinajstić information content (AvgIpc) is 2.68. The van der Waals surface area contributed by atoms with Gasteiger partial charge in [0.15, 0.2) is 11.5 Å². The van der Waals surface area contributed by atoms with Crippen LogP contribution in [0.3, 0.4) is 0 Å². The zero-order valence-corrected chi connectivity index (χ0v) is 9.08. The maximum atomic E-state index is 11.8. The van der Waals surface area contributed by atoms with Gasteiger partial charge in [-0.05, 0) is 18.2 Å². The van der Waals surface area contributed by atoms with Gasteiger partial charge in [0, 0.05) is 18.7 Å². The molecule has 17 heavy (non-hydrogen) atoms. The predicted molar refractivity (Wildman–Crippen MR) is 60.9 cm³/mol. The summed E-state index contributed by atoms with van der Waals surface area (Å²) in [6.45, 7) is 0. The van der Waals surface area contributed by atoms with Crippen LogP contribution in [0.15, 0.2) is 30.5 Å². The van der Waals surface area contributed by atoms with E-state index in [1.54, 1.807) is 19.3 Å². The summed E-state index contributed by atoms with van der Waals surface area (Å²) < 4.78 is 1.51. The summed E-state index contributed by atoms with van der Waals surface area (Å²) >= 11 is 0. The minimum atomic E-state index is -0.385. The SMILES string of the molecule is Cn1nccc1NC(=O)c1ccc(O)c(O)c1. The number of carbonyl (C=O) groups excluding carboxylic acids is 1. The first-order chi connectivity index (χ1) is 8.08. The molecule has 6 nitrogen and oxygen atoms in total. The topological polar surface area (TPSA) is 87.4 Å². The molecule has 2 rings (SSSR count). The van der Waals surface area contributed by atoms with E-state index in [-0.39, 0.29) is 23.0 Å². The van der Waals surface area contributed by atoms with Gasteiger partial charge in [-0.2, -0.15) is 5.10 Å². The fraction of sp³-hybridized carbons (Fsp3) is 0.0909. The molecule has 0 radical (unpaired) electrons. The van der Waals surface area contributed by atoms with E-state index in [0.717, 1.165) is 0 Å². The highest BCUT2D eigenvalue weighted by molar-refractivity contribution is 6.04. The largest absolute Gasteiger partial charge is 0.504 e. The Morgan fingerprint density at radius 3 is 2.65 bits per heavy atom. The van der Waals surface area contributed by atoms with Crippen molar-refractivity contribution in [2.24, 2.45) is 7.05 Å². The van der Waals surface area contributed by atoms with Gasteiger partial charge in [-0.3, -0.25) is 9.48 Å². The Bertz CT molecular complexity index is 563. The summed E-state index contributed by atoms with van der Waals surface area (Å²) in [5.74, 6) is -0.434. The molecule has 0 fully saturated rings. The van der Waals surface area contributed by atoms with Gasteiger partial charge in [0.1, 0.15) is 5.82 Å². The minimum Gasteiger partial charge on any atom is -0.504 e. The van der Waals surface area contributed by atoms with E-state index in [2.05, 4.69) is 10.4 Å². The Morgan fingerprint density at radius 2 is 2.06 bits per heavy atom. The number of aryl methyl sites for hydroxylation is 1. The zero-order valence-electron chi connectivity index (χ0n) is 9.08. The van der Waals surface area contributed by atoms with E-state index in [4.69, 9.17) is 5.11 Å². The van der Waals surface area contributed by atoms with Gasteiger partial charge < -0.3 is 15.5 Å². The Morgan fingerprint density at radius 1 is 1.29 bits per heavy atom. The monoisotopic (exact) mass is 233 g/mol. The summed E-state index contributed by atoms with van der Waals surface area (Å²) in [4.78, 5) is 11.8. The number of nitrogens with one attached hydrogen (secondary N) is 1. The lowest BCUT2D eigenvalue weighted by Gasteiger charge is -2.06. The molecule has 0 aliphatic heterocycles. The fourth-order valence-electron chi connectivity index (χ4n) is 1.35. The molecule has 0 atom stereocenters. The Labute approximate surface area is 97.1 Å². The van der Waals surface area contributed by atoms with Crippen molar-refractivity contribution in [3.05, 3.63) is 36.0 Å². The third-order valence-corrected chi connectivity index (χ3v) is 2.30. The molecule has 1 heterocycles. The van der Waals surface area contributed by atoms with E-state index < -0.39 is 0 Å². The highest BCUT2D eigenvalue weighted by atomic mass is 16.3. The van der Waals surface area contributed by atoms with Crippen molar-refractivity contribution in [1.29, 1.82) is 0 Å². The van der Waals surface area contributed by atoms with E-state index in [1.807, 2.05) is 0 Å². The third-order valence-electron chi connectivity index (χ3n) is 2.30. The zero-order chi connectivity index (χ0) is 12.4. The van der Waals surface area contributed by atoms with Crippen LogP contribution in [0.25, 0.3) is 0 Å². The molecule has 3 N–H and O–H groups in total. The van der Waals surface area contributed by atoms with Crippen LogP contribution in [0.1, 0.15) is 10.4 Å². The van der Waals surface area contributed by atoms with Crippen LogP contribution >= 0.6 is 0 Å². The summed E-state index contributed by atoms with van der Waals surface area (Å²) in [6, 6.07) is 5.52. The number of benzene rings is 1. The van der Waals surface area contributed by atoms with E-state index >= 15 is 0 Å². The Hall–Kier alpha value is -2.50. The normalized spacial score (nSPS) is 10.2. The molecule has 6 heteroatoms. The number of carbonyl (C=O) groups is 1. The number of aromatic hydroxyl groups is 2. The van der Waals surface area contributed by atoms with Crippen molar-refractivity contribution in [3.63, 3.8) is 0 Å². The first kappa shape index (κ1) is 11.0. The molecule has 1 amide bonds. The number of anilines is 1. The molecular formula is C11H11N3O3. The number of rotatable bonds is 2. The van der Waals surface area contributed by atoms with E-state index in [9.17, 15) is 9.90 Å². The molecule has 0 unspecified atom stereocenters. The lowest BCUT2D eigenvalue weighted by molar-refractivity contribution is 0.102. The second-order valence-corrected chi connectivity index (χ2v) is 3.50. The smallest absolute Gasteiger partial charge is 0.256 e. The van der Waals surface area contributed by atoms with Crippen LogP contribution < -0.4 is 5.32 Å². The lowest BCUT2D eigenvalue weighted by atomic mass is 10.2. The highest BCUT2D eigenvalue weighted by Gasteiger charge is 2.10. The highest BCUT2D eigenvalue weighted by Crippen LogP contribution is 2.25. The number of hydrogen-bond donors (Lipinski definition) is 3. The van der Waals surface area contributed by atoms with E-state index in [1.165, 1.54) is 22.9 Å². The predicted octanol–water partition coefficient (Wildman–Crippen LogP) is 1.08. The van der Waals surface area contributed by atoms with Crippen LogP contribution in [-0.4, -0.2) is 25.9 Å². The average molecular weight is 233 g/mol. The molecule has 88 valence electrons. The molecule has 1 aromatic heterocycles. The molecule has 2 aromatic rings. The maximum Gasteiger partial charge on any atom is 0.256 e. The van der Waals surface area contributed by atoms with Gasteiger partial charge in [0.25, 0.3) is 5.91 Å². The lowest BCUT2D eigenvalue weighted by Crippen LogP contribution is -2.14. The van der Waals surface area contributed by atoms with Gasteiger partial charge in [0.05, 0.1) is 6.20 Å². The third kappa shape index (κ3) is 2.20. The molecule has 0 aliphatic carbocycles. The van der Waals surface area contributed by atoms with Gasteiger partial charge in [-0.25, -0.2) is 0 Å². The van der Waals surface area contributed by atoms with Crippen LogP contribution in [0.2, 0.25) is 0 Å². The van der Waals surface area contributed by atoms with Crippen molar-refractivity contribution in [1.82, 2.24) is 9.78 Å². The summed E-state index contributed by atoms with van der Waals surface area (Å²) in [5, 5.41) is 24.9. The first-order valence-electron chi connectivity index (χ1n) is 4.89. The molecule has 0 aliphatic rings. The molecule has 0 saturated carbocycles. The second kappa shape index (κ2) is 4.17. The minimum absolute atomic E-state index is 0.251. The number of aromatic nitrogens is 2. The summed E-state index contributed by atoms with van der Waals surface area (Å²) in [6.07, 6.45) is 1.56. The molecule has 1 aromatic carbocycles. The fourth-order valence-corrected chi connectivity index (χ4v) is 1.35. The first-order valence-corrected chi connectivity index (χ1v) is 4.89. The molecule has 0 bridgehead atoms. The van der Waals surface area contributed by atoms with Gasteiger partial charge in [0.2, 0.25) is 0 Å². The number of phenols is 2. The number of amides is 1. The van der Waals surface area contributed by atoms with Crippen molar-refractivity contribution in [2.75, 3.05) is 5.32 Å². The van der Waals surface area contributed by atoms with Crippen LogP contribution in [-0.2, 0) is 7.05 Å². The van der Waals surface area contributed by atoms with Crippen molar-refractivity contribution in [3.8, 4) is 11.5 Å². The van der Waals surface area contributed by atoms with Gasteiger partial charge >= 0.3 is 0 Å². The number of nitrogens with zero attached hydrogens (tertiary/aromatic N) is 2. The Balaban J connectivity index is 2.20. The molecule has 0 spiro atoms. The van der Waals surface area contributed by atoms with E-state index in [0.29, 0.717) is 5.82 Å². The second-order valence-electron chi connectivity index (χ2n) is 3.50. The van der Waals surface area contributed by atoms with Crippen molar-refractivity contribution < 1.29 is 15.0 Å². The van der Waals surface area contributed by atoms with Crippen LogP contribution in [0, 0.1) is 0 Å². The quantitative estimate of drug-likeness (QED) is 0.677. The number of hydrogen-bond acceptors (Lipinski definition) is 4. The molecule has 0 saturated heterocycles. The van der Waals surface area contributed by atoms with Gasteiger partial charge in [-0.15, -0.1) is 0 Å². The molecular weight excluding hydrogens is 222 g/mol. The number of phenolic OH excluding ortho intramolecular Hbond substituents is 2. The standard InChI is InChI=1S/C11H11N3O3/c1-14-10(4-5-12-14)13-11(17)7-2-3-8(15)9(16)6-7/h2-6,15-16H,1H3,(H,13,17). The Kier molecular flexibility index (Phi) is 2.70. The summed E-state index contributed by atoms with van der Waals surface area (Å²) in [5.41, 5.74) is 0.251. The summed E-state index contributed by atoms with van der Waals surface area (Å²) in [7, 11) is 1.70. The van der Waals surface area contributed by atoms with Crippen molar-refractivity contribution >= 4 is 11.7 Å². The van der Waals surface area contributed by atoms with Gasteiger partial charge in [-0.1, -0.05) is 0 Å². The van der Waals surface area contributed by atoms with Crippen molar-refractivity contribution in [2.45, 2.75) is 0 Å². The van der Waals surface area contributed by atoms with Crippen LogP contribution in [0.4, 0.5) is 5.82 Å². The maximum absolute atomic E-state index is 11.8. The van der Waals surface area contributed by atoms with Crippen LogP contribution in [0.5, 0.6) is 11.5 Å².